The Morgan fingerprint density at radius 2 is 2.50 bits per heavy atom. The molecule has 1 unspecified atom stereocenters. The number of oxime groups is 1. The molecule has 0 spiro atoms. The van der Waals surface area contributed by atoms with Crippen molar-refractivity contribution in [1.82, 2.24) is 5.32 Å². The van der Waals surface area contributed by atoms with Crippen LogP contribution in [0.5, 0.6) is 0 Å². The van der Waals surface area contributed by atoms with Gasteiger partial charge in [-0.05, 0) is 13.0 Å². The highest BCUT2D eigenvalue weighted by Gasteiger charge is 2.19. The van der Waals surface area contributed by atoms with E-state index in [1.54, 1.807) is 0 Å². The molecule has 1 rings (SSSR count). The zero-order valence-electron chi connectivity index (χ0n) is 4.46. The maximum atomic E-state index is 8.09. The van der Waals surface area contributed by atoms with Gasteiger partial charge in [0, 0.05) is 0 Å². The van der Waals surface area contributed by atoms with Gasteiger partial charge in [0.25, 0.3) is 0 Å². The van der Waals surface area contributed by atoms with Crippen LogP contribution in [-0.4, -0.2) is 23.6 Å². The van der Waals surface area contributed by atoms with Crippen LogP contribution >= 0.6 is 0 Å². The van der Waals surface area contributed by atoms with Gasteiger partial charge in [-0.25, -0.2) is 0 Å². The Labute approximate surface area is 47.4 Å². The van der Waals surface area contributed by atoms with E-state index in [9.17, 15) is 0 Å². The fraction of sp³-hybridized carbons (Fsp3) is 0.750. The number of amidine groups is 1. The van der Waals surface area contributed by atoms with E-state index in [2.05, 4.69) is 10.5 Å². The summed E-state index contributed by atoms with van der Waals surface area (Å²) in [6.07, 6.45) is 0.982. The Hall–Kier alpha value is -0.770. The number of hydrogen-bond acceptors (Lipinski definition) is 3. The minimum absolute atomic E-state index is 0.125. The van der Waals surface area contributed by atoms with Crippen molar-refractivity contribution in [3.8, 4) is 0 Å². The molecule has 0 aliphatic carbocycles. The van der Waals surface area contributed by atoms with Gasteiger partial charge < -0.3 is 16.3 Å². The molecule has 0 aromatic carbocycles. The largest absolute Gasteiger partial charge is 0.409 e. The average molecular weight is 115 g/mol. The van der Waals surface area contributed by atoms with E-state index < -0.39 is 0 Å². The van der Waals surface area contributed by atoms with Crippen LogP contribution in [0.15, 0.2) is 5.16 Å². The first-order valence-electron chi connectivity index (χ1n) is 2.55. The first kappa shape index (κ1) is 5.37. The lowest BCUT2D eigenvalue weighted by Gasteiger charge is -2.25. The summed E-state index contributed by atoms with van der Waals surface area (Å²) in [5.41, 5.74) is 5.22. The number of rotatable bonds is 1. The first-order valence-corrected chi connectivity index (χ1v) is 2.55. The van der Waals surface area contributed by atoms with E-state index in [0.717, 1.165) is 13.0 Å². The van der Waals surface area contributed by atoms with Crippen molar-refractivity contribution in [2.45, 2.75) is 12.5 Å². The second-order valence-electron chi connectivity index (χ2n) is 1.82. The Balaban J connectivity index is 2.34. The van der Waals surface area contributed by atoms with Crippen LogP contribution in [0, 0.1) is 0 Å². The van der Waals surface area contributed by atoms with Crippen molar-refractivity contribution in [2.24, 2.45) is 10.9 Å². The minimum atomic E-state index is 0.125. The maximum Gasteiger partial charge on any atom is 0.156 e. The molecular formula is C4H9N3O. The normalized spacial score (nSPS) is 29.5. The highest BCUT2D eigenvalue weighted by Crippen LogP contribution is 1.99. The van der Waals surface area contributed by atoms with Crippen molar-refractivity contribution in [3.05, 3.63) is 0 Å². The molecule has 0 aromatic heterocycles. The van der Waals surface area contributed by atoms with Crippen molar-refractivity contribution in [3.63, 3.8) is 0 Å². The second-order valence-corrected chi connectivity index (χ2v) is 1.82. The van der Waals surface area contributed by atoms with Crippen LogP contribution in [0.4, 0.5) is 0 Å². The SMILES string of the molecule is N/C(=N\O)C1CCN1. The second kappa shape index (κ2) is 2.00. The lowest BCUT2D eigenvalue weighted by Crippen LogP contribution is -2.51. The molecule has 4 nitrogen and oxygen atoms in total. The quantitative estimate of drug-likeness (QED) is 0.179. The average Bonchev–Trinajstić information content (AvgIpc) is 1.62. The van der Waals surface area contributed by atoms with E-state index >= 15 is 0 Å². The third-order valence-corrected chi connectivity index (χ3v) is 1.30. The van der Waals surface area contributed by atoms with Gasteiger partial charge in [0.2, 0.25) is 0 Å². The Morgan fingerprint density at radius 1 is 1.88 bits per heavy atom. The molecule has 0 radical (unpaired) electrons. The molecule has 1 fully saturated rings. The molecule has 1 saturated heterocycles. The zero-order valence-corrected chi connectivity index (χ0v) is 4.46. The van der Waals surface area contributed by atoms with Gasteiger partial charge in [0.1, 0.15) is 0 Å². The Kier molecular flexibility index (Phi) is 1.34. The van der Waals surface area contributed by atoms with Crippen molar-refractivity contribution in [2.75, 3.05) is 6.54 Å². The summed E-state index contributed by atoms with van der Waals surface area (Å²) in [4.78, 5) is 0. The van der Waals surface area contributed by atoms with Crippen LogP contribution in [0.3, 0.4) is 0 Å². The third kappa shape index (κ3) is 0.742. The molecule has 46 valence electrons. The molecule has 4 N–H and O–H groups in total. The summed E-state index contributed by atoms with van der Waals surface area (Å²) in [5.74, 6) is 0.288. The number of nitrogens with zero attached hydrogens (tertiary/aromatic N) is 1. The van der Waals surface area contributed by atoms with Gasteiger partial charge in [-0.15, -0.1) is 0 Å². The predicted molar refractivity (Wildman–Crippen MR) is 29.8 cm³/mol. The van der Waals surface area contributed by atoms with Crippen molar-refractivity contribution >= 4 is 5.84 Å². The highest BCUT2D eigenvalue weighted by atomic mass is 16.4. The zero-order chi connectivity index (χ0) is 5.98. The minimum Gasteiger partial charge on any atom is -0.409 e. The smallest absolute Gasteiger partial charge is 0.156 e. The summed E-state index contributed by atoms with van der Waals surface area (Å²) in [7, 11) is 0. The third-order valence-electron chi connectivity index (χ3n) is 1.30. The standard InChI is InChI=1S/C4H9N3O/c5-4(7-8)3-1-2-6-3/h3,6,8H,1-2H2,(H2,5,7). The fourth-order valence-electron chi connectivity index (χ4n) is 0.611. The molecule has 8 heavy (non-hydrogen) atoms. The van der Waals surface area contributed by atoms with Crippen molar-refractivity contribution in [1.29, 1.82) is 0 Å². The van der Waals surface area contributed by atoms with Crippen LogP contribution in [0.1, 0.15) is 6.42 Å². The van der Waals surface area contributed by atoms with E-state index in [4.69, 9.17) is 10.9 Å². The molecule has 1 heterocycles. The van der Waals surface area contributed by atoms with Crippen LogP contribution in [0.2, 0.25) is 0 Å². The van der Waals surface area contributed by atoms with E-state index in [0.29, 0.717) is 0 Å². The van der Waals surface area contributed by atoms with Gasteiger partial charge in [-0.1, -0.05) is 5.16 Å². The topological polar surface area (TPSA) is 70.6 Å². The van der Waals surface area contributed by atoms with Gasteiger partial charge in [-0.3, -0.25) is 0 Å². The van der Waals surface area contributed by atoms with Gasteiger partial charge in [-0.2, -0.15) is 0 Å². The molecular weight excluding hydrogens is 106 g/mol. The molecule has 0 saturated carbocycles. The van der Waals surface area contributed by atoms with Gasteiger partial charge in [0.05, 0.1) is 6.04 Å². The maximum absolute atomic E-state index is 8.09. The Bertz CT molecular complexity index is 108. The summed E-state index contributed by atoms with van der Waals surface area (Å²) in [5, 5.41) is 13.9. The lowest BCUT2D eigenvalue weighted by atomic mass is 10.1. The molecule has 1 atom stereocenters. The summed E-state index contributed by atoms with van der Waals surface area (Å²) in [6.45, 7) is 0.973. The fourth-order valence-corrected chi connectivity index (χ4v) is 0.611. The molecule has 1 aliphatic heterocycles. The monoisotopic (exact) mass is 115 g/mol. The van der Waals surface area contributed by atoms with Crippen LogP contribution < -0.4 is 11.1 Å². The first-order chi connectivity index (χ1) is 3.84. The molecule has 1 aliphatic rings. The summed E-state index contributed by atoms with van der Waals surface area (Å²) < 4.78 is 0. The van der Waals surface area contributed by atoms with Gasteiger partial charge >= 0.3 is 0 Å². The highest BCUT2D eigenvalue weighted by molar-refractivity contribution is 5.85. The van der Waals surface area contributed by atoms with Crippen LogP contribution in [-0.2, 0) is 0 Å². The molecule has 0 bridgehead atoms. The summed E-state index contributed by atoms with van der Waals surface area (Å²) >= 11 is 0. The number of nitrogens with one attached hydrogen (secondary N) is 1. The Morgan fingerprint density at radius 3 is 2.62 bits per heavy atom. The lowest BCUT2D eigenvalue weighted by molar-refractivity contribution is 0.309. The molecule has 0 amide bonds. The van der Waals surface area contributed by atoms with Crippen molar-refractivity contribution < 1.29 is 5.21 Å². The van der Waals surface area contributed by atoms with E-state index in [1.807, 2.05) is 0 Å². The molecule has 0 aromatic rings. The summed E-state index contributed by atoms with van der Waals surface area (Å²) in [6, 6.07) is 0.125. The van der Waals surface area contributed by atoms with Gasteiger partial charge in [0.15, 0.2) is 5.84 Å². The van der Waals surface area contributed by atoms with E-state index in [1.165, 1.54) is 0 Å². The molecule has 4 heteroatoms. The number of hydrogen-bond donors (Lipinski definition) is 3. The van der Waals surface area contributed by atoms with E-state index in [-0.39, 0.29) is 11.9 Å². The predicted octanol–water partition coefficient (Wildman–Crippen LogP) is -0.905. The number of nitrogens with two attached hydrogens (primary N) is 1. The van der Waals surface area contributed by atoms with Crippen LogP contribution in [0.25, 0.3) is 0 Å².